The van der Waals surface area contributed by atoms with Crippen molar-refractivity contribution >= 4 is 0 Å². The third-order valence-corrected chi connectivity index (χ3v) is 2.36. The van der Waals surface area contributed by atoms with Crippen LogP contribution in [0, 0.1) is 0 Å². The summed E-state index contributed by atoms with van der Waals surface area (Å²) in [6, 6.07) is 8.74. The van der Waals surface area contributed by atoms with Gasteiger partial charge in [0.15, 0.2) is 0 Å². The van der Waals surface area contributed by atoms with E-state index >= 15 is 0 Å². The van der Waals surface area contributed by atoms with Crippen LogP contribution in [-0.4, -0.2) is 13.2 Å². The van der Waals surface area contributed by atoms with Gasteiger partial charge in [0.2, 0.25) is 0 Å². The van der Waals surface area contributed by atoms with E-state index in [-0.39, 0.29) is 0 Å². The number of rotatable bonds is 6. The van der Waals surface area contributed by atoms with Crippen LogP contribution >= 0.6 is 0 Å². The molecule has 0 radical (unpaired) electrons. The van der Waals surface area contributed by atoms with Crippen LogP contribution in [0.1, 0.15) is 38.8 Å². The second-order valence-corrected chi connectivity index (χ2v) is 3.70. The van der Waals surface area contributed by atoms with Gasteiger partial charge in [-0.2, -0.15) is 0 Å². The Labute approximate surface area is 92.6 Å². The molecule has 0 saturated heterocycles. The molecule has 0 bridgehead atoms. The summed E-state index contributed by atoms with van der Waals surface area (Å²) in [4.78, 5) is 0. The van der Waals surface area contributed by atoms with Crippen molar-refractivity contribution in [2.24, 2.45) is 0 Å². The van der Waals surface area contributed by atoms with Crippen molar-refractivity contribution in [3.63, 3.8) is 0 Å². The molecular weight excluding hydrogens is 186 g/mol. The average Bonchev–Trinajstić information content (AvgIpc) is 2.27. The topological polar surface area (TPSA) is 21.3 Å². The zero-order chi connectivity index (χ0) is 11.1. The Kier molecular flexibility index (Phi) is 5.19. The maximum atomic E-state index is 5.53. The van der Waals surface area contributed by atoms with Gasteiger partial charge in [0.1, 0.15) is 5.75 Å². The van der Waals surface area contributed by atoms with E-state index in [0.29, 0.717) is 6.04 Å². The lowest BCUT2D eigenvalue weighted by Crippen LogP contribution is -2.17. The molecule has 1 aromatic rings. The average molecular weight is 207 g/mol. The summed E-state index contributed by atoms with van der Waals surface area (Å²) in [7, 11) is 0. The fourth-order valence-electron chi connectivity index (χ4n) is 1.50. The van der Waals surface area contributed by atoms with Gasteiger partial charge in [-0.25, -0.2) is 0 Å². The summed E-state index contributed by atoms with van der Waals surface area (Å²) in [5.74, 6) is 0.962. The van der Waals surface area contributed by atoms with Crippen molar-refractivity contribution in [3.05, 3.63) is 29.8 Å². The summed E-state index contributed by atoms with van der Waals surface area (Å²) in [6.07, 6.45) is 1.05. The third-order valence-electron chi connectivity index (χ3n) is 2.36. The molecule has 1 rings (SSSR count). The van der Waals surface area contributed by atoms with Gasteiger partial charge in [0.25, 0.3) is 0 Å². The van der Waals surface area contributed by atoms with Gasteiger partial charge in [0.05, 0.1) is 6.61 Å². The summed E-state index contributed by atoms with van der Waals surface area (Å²) in [6.45, 7) is 8.19. The van der Waals surface area contributed by atoms with Crippen molar-refractivity contribution < 1.29 is 4.74 Å². The normalized spacial score (nSPS) is 12.5. The minimum Gasteiger partial charge on any atom is -0.494 e. The van der Waals surface area contributed by atoms with Crippen LogP contribution < -0.4 is 10.1 Å². The fraction of sp³-hybridized carbons (Fsp3) is 0.538. The first kappa shape index (κ1) is 12.1. The SMILES string of the molecule is CCCOc1ccc([C@H](C)NCC)cc1. The summed E-state index contributed by atoms with van der Waals surface area (Å²) in [5, 5.41) is 3.38. The van der Waals surface area contributed by atoms with Crippen LogP contribution in [-0.2, 0) is 0 Å². The van der Waals surface area contributed by atoms with E-state index in [1.54, 1.807) is 0 Å². The first-order valence-electron chi connectivity index (χ1n) is 5.74. The van der Waals surface area contributed by atoms with Crippen LogP contribution in [0.15, 0.2) is 24.3 Å². The van der Waals surface area contributed by atoms with Gasteiger partial charge in [-0.15, -0.1) is 0 Å². The maximum absolute atomic E-state index is 5.53. The quantitative estimate of drug-likeness (QED) is 0.773. The number of ether oxygens (including phenoxy) is 1. The van der Waals surface area contributed by atoms with Gasteiger partial charge >= 0.3 is 0 Å². The van der Waals surface area contributed by atoms with Gasteiger partial charge in [-0.3, -0.25) is 0 Å². The smallest absolute Gasteiger partial charge is 0.119 e. The molecule has 0 aliphatic carbocycles. The third kappa shape index (κ3) is 3.92. The molecule has 0 amide bonds. The summed E-state index contributed by atoms with van der Waals surface area (Å²) in [5.41, 5.74) is 1.31. The van der Waals surface area contributed by atoms with Crippen molar-refractivity contribution in [1.29, 1.82) is 0 Å². The van der Waals surface area contributed by atoms with E-state index in [9.17, 15) is 0 Å². The number of hydrogen-bond acceptors (Lipinski definition) is 2. The number of nitrogens with one attached hydrogen (secondary N) is 1. The molecule has 1 aromatic carbocycles. The highest BCUT2D eigenvalue weighted by Gasteiger charge is 2.02. The molecule has 15 heavy (non-hydrogen) atoms. The number of benzene rings is 1. The Morgan fingerprint density at radius 1 is 1.20 bits per heavy atom. The lowest BCUT2D eigenvalue weighted by atomic mass is 10.1. The standard InChI is InChI=1S/C13H21NO/c1-4-10-15-13-8-6-12(7-9-13)11(3)14-5-2/h6-9,11,14H,4-5,10H2,1-3H3/t11-/m0/s1. The zero-order valence-corrected chi connectivity index (χ0v) is 9.92. The second-order valence-electron chi connectivity index (χ2n) is 3.70. The van der Waals surface area contributed by atoms with E-state index in [1.165, 1.54) is 5.56 Å². The Hall–Kier alpha value is -1.02. The molecule has 0 fully saturated rings. The van der Waals surface area contributed by atoms with Crippen LogP contribution in [0.2, 0.25) is 0 Å². The molecule has 0 unspecified atom stereocenters. The molecule has 84 valence electrons. The minimum atomic E-state index is 0.412. The lowest BCUT2D eigenvalue weighted by molar-refractivity contribution is 0.317. The summed E-state index contributed by atoms with van der Waals surface area (Å²) >= 11 is 0. The highest BCUT2D eigenvalue weighted by atomic mass is 16.5. The van der Waals surface area contributed by atoms with Crippen molar-refractivity contribution in [2.75, 3.05) is 13.2 Å². The van der Waals surface area contributed by atoms with Crippen LogP contribution in [0.25, 0.3) is 0 Å². The van der Waals surface area contributed by atoms with Gasteiger partial charge in [-0.05, 0) is 37.6 Å². The number of hydrogen-bond donors (Lipinski definition) is 1. The molecule has 2 nitrogen and oxygen atoms in total. The van der Waals surface area contributed by atoms with Crippen LogP contribution in [0.4, 0.5) is 0 Å². The fourth-order valence-corrected chi connectivity index (χ4v) is 1.50. The van der Waals surface area contributed by atoms with E-state index in [2.05, 4.69) is 38.2 Å². The molecule has 0 aliphatic heterocycles. The summed E-state index contributed by atoms with van der Waals surface area (Å²) < 4.78 is 5.53. The Morgan fingerprint density at radius 2 is 1.87 bits per heavy atom. The highest BCUT2D eigenvalue weighted by molar-refractivity contribution is 5.28. The Balaban J connectivity index is 2.55. The molecule has 0 saturated carbocycles. The lowest BCUT2D eigenvalue weighted by Gasteiger charge is -2.13. The van der Waals surface area contributed by atoms with Gasteiger partial charge in [-0.1, -0.05) is 26.0 Å². The van der Waals surface area contributed by atoms with Gasteiger partial charge in [0, 0.05) is 6.04 Å². The Morgan fingerprint density at radius 3 is 2.40 bits per heavy atom. The predicted molar refractivity (Wildman–Crippen MR) is 64.3 cm³/mol. The highest BCUT2D eigenvalue weighted by Crippen LogP contribution is 2.17. The first-order chi connectivity index (χ1) is 7.27. The minimum absolute atomic E-state index is 0.412. The van der Waals surface area contributed by atoms with E-state index in [4.69, 9.17) is 4.74 Å². The van der Waals surface area contributed by atoms with Gasteiger partial charge < -0.3 is 10.1 Å². The van der Waals surface area contributed by atoms with E-state index < -0.39 is 0 Å². The molecule has 0 aliphatic rings. The van der Waals surface area contributed by atoms with E-state index in [1.807, 2.05) is 12.1 Å². The molecule has 1 N–H and O–H groups in total. The molecule has 2 heteroatoms. The predicted octanol–water partition coefficient (Wildman–Crippen LogP) is 3.15. The molecule has 0 spiro atoms. The molecule has 0 heterocycles. The van der Waals surface area contributed by atoms with Crippen LogP contribution in [0.3, 0.4) is 0 Å². The maximum Gasteiger partial charge on any atom is 0.119 e. The monoisotopic (exact) mass is 207 g/mol. The molecule has 0 aromatic heterocycles. The molecule has 1 atom stereocenters. The second kappa shape index (κ2) is 6.46. The van der Waals surface area contributed by atoms with Crippen molar-refractivity contribution in [1.82, 2.24) is 5.32 Å². The molecular formula is C13H21NO. The first-order valence-corrected chi connectivity index (χ1v) is 5.74. The Bertz CT molecular complexity index is 268. The largest absolute Gasteiger partial charge is 0.494 e. The van der Waals surface area contributed by atoms with E-state index in [0.717, 1.165) is 25.3 Å². The zero-order valence-electron chi connectivity index (χ0n) is 9.92. The van der Waals surface area contributed by atoms with Crippen molar-refractivity contribution in [2.45, 2.75) is 33.2 Å². The van der Waals surface area contributed by atoms with Crippen molar-refractivity contribution in [3.8, 4) is 5.75 Å². The van der Waals surface area contributed by atoms with Crippen LogP contribution in [0.5, 0.6) is 5.75 Å².